The Balaban J connectivity index is 3.04. The molecule has 0 aliphatic carbocycles. The van der Waals surface area contributed by atoms with Crippen molar-refractivity contribution in [3.63, 3.8) is 0 Å². The topological polar surface area (TPSA) is 18.5 Å². The van der Waals surface area contributed by atoms with Gasteiger partial charge in [-0.05, 0) is 39.0 Å². The van der Waals surface area contributed by atoms with Crippen molar-refractivity contribution in [3.05, 3.63) is 22.7 Å². The van der Waals surface area contributed by atoms with Gasteiger partial charge in [0.25, 0.3) is 0 Å². The van der Waals surface area contributed by atoms with Crippen LogP contribution in [0.3, 0.4) is 0 Å². The summed E-state index contributed by atoms with van der Waals surface area (Å²) >= 11 is 3.08. The van der Waals surface area contributed by atoms with Gasteiger partial charge >= 0.3 is 6.36 Å². The fourth-order valence-electron chi connectivity index (χ4n) is 1.10. The zero-order valence-electron chi connectivity index (χ0n) is 9.56. The molecule has 17 heavy (non-hydrogen) atoms. The molecule has 0 saturated carbocycles. The highest BCUT2D eigenvalue weighted by Crippen LogP contribution is 2.36. The summed E-state index contributed by atoms with van der Waals surface area (Å²) in [4.78, 5) is 0. The zero-order valence-corrected chi connectivity index (χ0v) is 11.1. The maximum atomic E-state index is 12.2. The first kappa shape index (κ1) is 14.2. The Labute approximate surface area is 106 Å². The van der Waals surface area contributed by atoms with Crippen molar-refractivity contribution in [2.75, 3.05) is 0 Å². The summed E-state index contributed by atoms with van der Waals surface area (Å²) in [5, 5.41) is 0. The second-order valence-corrected chi connectivity index (χ2v) is 5.27. The molecular formula is C11H12BrF3O2. The van der Waals surface area contributed by atoms with E-state index in [2.05, 4.69) is 20.7 Å². The summed E-state index contributed by atoms with van der Waals surface area (Å²) in [5.74, 6) is -0.306. The number of rotatable bonds is 2. The molecule has 0 fully saturated rings. The van der Waals surface area contributed by atoms with Gasteiger partial charge in [0.1, 0.15) is 5.60 Å². The van der Waals surface area contributed by atoms with E-state index in [4.69, 9.17) is 4.74 Å². The second kappa shape index (κ2) is 4.76. The maximum Gasteiger partial charge on any atom is 0.573 e. The zero-order chi connectivity index (χ0) is 13.3. The van der Waals surface area contributed by atoms with Crippen molar-refractivity contribution >= 4 is 15.9 Å². The Hall–Kier alpha value is -0.910. The molecule has 6 heteroatoms. The molecule has 0 aliphatic heterocycles. The van der Waals surface area contributed by atoms with Gasteiger partial charge in [-0.25, -0.2) is 0 Å². The smallest absolute Gasteiger partial charge is 0.484 e. The van der Waals surface area contributed by atoms with Gasteiger partial charge in [0.15, 0.2) is 11.5 Å². The molecule has 0 heterocycles. The van der Waals surface area contributed by atoms with E-state index >= 15 is 0 Å². The number of ether oxygens (including phenoxy) is 2. The number of benzene rings is 1. The van der Waals surface area contributed by atoms with E-state index < -0.39 is 12.0 Å². The molecule has 0 aromatic heterocycles. The van der Waals surface area contributed by atoms with Crippen LogP contribution >= 0.6 is 15.9 Å². The minimum absolute atomic E-state index is 0.0537. The van der Waals surface area contributed by atoms with Crippen molar-refractivity contribution < 1.29 is 22.6 Å². The summed E-state index contributed by atoms with van der Waals surface area (Å²) in [6.45, 7) is 5.23. The minimum Gasteiger partial charge on any atom is -0.484 e. The molecule has 2 nitrogen and oxygen atoms in total. The van der Waals surface area contributed by atoms with Crippen LogP contribution in [0.2, 0.25) is 0 Å². The highest BCUT2D eigenvalue weighted by molar-refractivity contribution is 9.10. The predicted octanol–water partition coefficient (Wildman–Crippen LogP) is 4.53. The average Bonchev–Trinajstić information content (AvgIpc) is 2.05. The third kappa shape index (κ3) is 5.30. The van der Waals surface area contributed by atoms with Crippen molar-refractivity contribution in [1.29, 1.82) is 0 Å². The van der Waals surface area contributed by atoms with E-state index in [0.717, 1.165) is 0 Å². The van der Waals surface area contributed by atoms with Crippen LogP contribution in [0, 0.1) is 0 Å². The monoisotopic (exact) mass is 312 g/mol. The van der Waals surface area contributed by atoms with Gasteiger partial charge in [-0.2, -0.15) is 0 Å². The van der Waals surface area contributed by atoms with Gasteiger partial charge in [-0.1, -0.05) is 15.9 Å². The number of hydrogen-bond donors (Lipinski definition) is 0. The van der Waals surface area contributed by atoms with Crippen LogP contribution in [0.4, 0.5) is 13.2 Å². The summed E-state index contributed by atoms with van der Waals surface area (Å²) in [6.07, 6.45) is -4.74. The van der Waals surface area contributed by atoms with Crippen LogP contribution in [-0.4, -0.2) is 12.0 Å². The lowest BCUT2D eigenvalue weighted by Gasteiger charge is -2.23. The highest BCUT2D eigenvalue weighted by Gasteiger charge is 2.33. The maximum absolute atomic E-state index is 12.2. The largest absolute Gasteiger partial charge is 0.573 e. The fourth-order valence-corrected chi connectivity index (χ4v) is 1.44. The van der Waals surface area contributed by atoms with E-state index in [-0.39, 0.29) is 11.5 Å². The van der Waals surface area contributed by atoms with E-state index in [1.165, 1.54) is 12.1 Å². The predicted molar refractivity (Wildman–Crippen MR) is 61.2 cm³/mol. The molecule has 0 N–H and O–H groups in total. The fraction of sp³-hybridized carbons (Fsp3) is 0.455. The third-order valence-corrected chi connectivity index (χ3v) is 2.04. The molecule has 0 bridgehead atoms. The van der Waals surface area contributed by atoms with Crippen LogP contribution in [-0.2, 0) is 0 Å². The van der Waals surface area contributed by atoms with Gasteiger partial charge < -0.3 is 9.47 Å². The first-order valence-corrected chi connectivity index (χ1v) is 5.60. The Bertz CT molecular complexity index is 397. The lowest BCUT2D eigenvalue weighted by molar-refractivity contribution is -0.275. The molecule has 1 rings (SSSR count). The van der Waals surface area contributed by atoms with Crippen LogP contribution in [0.15, 0.2) is 22.7 Å². The molecular weight excluding hydrogens is 301 g/mol. The van der Waals surface area contributed by atoms with Crippen molar-refractivity contribution in [1.82, 2.24) is 0 Å². The standard InChI is InChI=1S/C11H12BrF3O2/c1-10(2,3)16-8-5-4-7(12)6-9(8)17-11(13,14)15/h4-6H,1-3H3. The third-order valence-electron chi connectivity index (χ3n) is 1.55. The summed E-state index contributed by atoms with van der Waals surface area (Å²) in [5.41, 5.74) is -0.600. The van der Waals surface area contributed by atoms with Crippen molar-refractivity contribution in [2.24, 2.45) is 0 Å². The second-order valence-electron chi connectivity index (χ2n) is 4.35. The van der Waals surface area contributed by atoms with Crippen LogP contribution in [0.25, 0.3) is 0 Å². The molecule has 0 spiro atoms. The van der Waals surface area contributed by atoms with Gasteiger partial charge in [0, 0.05) is 4.47 Å². The number of alkyl halides is 3. The summed E-state index contributed by atoms with van der Waals surface area (Å²) in [6, 6.07) is 4.23. The lowest BCUT2D eigenvalue weighted by atomic mass is 10.2. The Morgan fingerprint density at radius 3 is 2.06 bits per heavy atom. The van der Waals surface area contributed by atoms with E-state index in [1.54, 1.807) is 26.8 Å². The molecule has 0 aliphatic rings. The molecule has 0 atom stereocenters. The van der Waals surface area contributed by atoms with Crippen molar-refractivity contribution in [2.45, 2.75) is 32.7 Å². The van der Waals surface area contributed by atoms with Crippen LogP contribution < -0.4 is 9.47 Å². The molecule has 0 amide bonds. The SMILES string of the molecule is CC(C)(C)Oc1ccc(Br)cc1OC(F)(F)F. The summed E-state index contributed by atoms with van der Waals surface area (Å²) in [7, 11) is 0. The Morgan fingerprint density at radius 2 is 1.59 bits per heavy atom. The molecule has 1 aromatic carbocycles. The van der Waals surface area contributed by atoms with Gasteiger partial charge in [0.05, 0.1) is 0 Å². The van der Waals surface area contributed by atoms with Crippen LogP contribution in [0.1, 0.15) is 20.8 Å². The first-order valence-electron chi connectivity index (χ1n) is 4.81. The molecule has 1 aromatic rings. The van der Waals surface area contributed by atoms with Gasteiger partial charge in [-0.15, -0.1) is 13.2 Å². The van der Waals surface area contributed by atoms with E-state index in [1.807, 2.05) is 0 Å². The van der Waals surface area contributed by atoms with Crippen LogP contribution in [0.5, 0.6) is 11.5 Å². The van der Waals surface area contributed by atoms with E-state index in [0.29, 0.717) is 4.47 Å². The van der Waals surface area contributed by atoms with Crippen molar-refractivity contribution in [3.8, 4) is 11.5 Å². The highest BCUT2D eigenvalue weighted by atomic mass is 79.9. The average molecular weight is 313 g/mol. The molecule has 0 unspecified atom stereocenters. The number of halogens is 4. The molecule has 96 valence electrons. The van der Waals surface area contributed by atoms with Gasteiger partial charge in [0.2, 0.25) is 0 Å². The number of hydrogen-bond acceptors (Lipinski definition) is 2. The van der Waals surface area contributed by atoms with Gasteiger partial charge in [-0.3, -0.25) is 0 Å². The Kier molecular flexibility index (Phi) is 3.96. The molecule has 0 saturated heterocycles. The summed E-state index contributed by atoms with van der Waals surface area (Å²) < 4.78 is 46.4. The van der Waals surface area contributed by atoms with E-state index in [9.17, 15) is 13.2 Å². The quantitative estimate of drug-likeness (QED) is 0.799. The minimum atomic E-state index is -4.74. The normalized spacial score (nSPS) is 12.4. The lowest BCUT2D eigenvalue weighted by Crippen LogP contribution is -2.24. The Morgan fingerprint density at radius 1 is 1.00 bits per heavy atom. The first-order chi connectivity index (χ1) is 7.57. The molecule has 0 radical (unpaired) electrons.